The molecule has 3 N–H and O–H groups in total. The number of ether oxygens (including phenoxy) is 4. The Hall–Kier alpha value is -1.94. The number of unbranched alkanes of at least 4 members (excludes halogenated alkanes) is 46. The number of carbonyl (C=O) groups is 4. The summed E-state index contributed by atoms with van der Waals surface area (Å²) < 4.78 is 68.5. The van der Waals surface area contributed by atoms with Gasteiger partial charge in [0.1, 0.15) is 19.3 Å². The van der Waals surface area contributed by atoms with Gasteiger partial charge in [-0.15, -0.1) is 0 Å². The van der Waals surface area contributed by atoms with Crippen molar-refractivity contribution in [2.45, 2.75) is 432 Å². The fraction of sp³-hybridized carbons (Fsp3) is 0.949. The maximum Gasteiger partial charge on any atom is 0.472 e. The average Bonchev–Trinajstić information content (AvgIpc) is 1.14. The molecular formula is C79H154O17P2. The van der Waals surface area contributed by atoms with E-state index in [4.69, 9.17) is 37.0 Å². The van der Waals surface area contributed by atoms with E-state index >= 15 is 0 Å². The van der Waals surface area contributed by atoms with Gasteiger partial charge in [0.25, 0.3) is 0 Å². The molecule has 582 valence electrons. The normalized spacial score (nSPS) is 14.5. The molecule has 0 fully saturated rings. The Balaban J connectivity index is 5.18. The third-order valence-corrected chi connectivity index (χ3v) is 21.1. The van der Waals surface area contributed by atoms with Crippen LogP contribution in [0.5, 0.6) is 0 Å². The van der Waals surface area contributed by atoms with Crippen LogP contribution in [0.3, 0.4) is 0 Å². The molecule has 0 radical (unpaired) electrons. The minimum absolute atomic E-state index is 0.105. The van der Waals surface area contributed by atoms with Crippen LogP contribution in [-0.2, 0) is 65.4 Å². The Bertz CT molecular complexity index is 1890. The van der Waals surface area contributed by atoms with Crippen LogP contribution in [0.2, 0.25) is 0 Å². The molecule has 0 aromatic heterocycles. The van der Waals surface area contributed by atoms with Crippen LogP contribution in [0.25, 0.3) is 0 Å². The molecule has 0 heterocycles. The van der Waals surface area contributed by atoms with E-state index in [1.54, 1.807) is 0 Å². The molecule has 0 saturated carbocycles. The van der Waals surface area contributed by atoms with Gasteiger partial charge < -0.3 is 33.8 Å². The van der Waals surface area contributed by atoms with E-state index in [9.17, 15) is 43.2 Å². The van der Waals surface area contributed by atoms with E-state index in [0.717, 1.165) is 108 Å². The number of phosphoric ester groups is 2. The van der Waals surface area contributed by atoms with Crippen molar-refractivity contribution in [1.82, 2.24) is 0 Å². The van der Waals surface area contributed by atoms with Crippen LogP contribution in [-0.4, -0.2) is 96.7 Å². The van der Waals surface area contributed by atoms with Crippen LogP contribution in [0.15, 0.2) is 0 Å². The number of aliphatic hydroxyl groups excluding tert-OH is 1. The lowest BCUT2D eigenvalue weighted by molar-refractivity contribution is -0.161. The summed E-state index contributed by atoms with van der Waals surface area (Å²) in [6, 6.07) is 0. The molecule has 0 aliphatic rings. The number of hydrogen-bond acceptors (Lipinski definition) is 15. The number of rotatable bonds is 78. The highest BCUT2D eigenvalue weighted by Crippen LogP contribution is 2.45. The Morgan fingerprint density at radius 3 is 0.724 bits per heavy atom. The first-order chi connectivity index (χ1) is 47.4. The molecule has 0 aromatic carbocycles. The monoisotopic (exact) mass is 1440 g/mol. The molecule has 0 bridgehead atoms. The molecule has 7 atom stereocenters. The number of phosphoric acid groups is 2. The number of esters is 4. The van der Waals surface area contributed by atoms with E-state index in [0.29, 0.717) is 25.7 Å². The summed E-state index contributed by atoms with van der Waals surface area (Å²) in [7, 11) is -9.91. The quantitative estimate of drug-likeness (QED) is 0.0222. The second-order valence-electron chi connectivity index (χ2n) is 28.9. The fourth-order valence-corrected chi connectivity index (χ4v) is 13.7. The molecule has 0 aliphatic heterocycles. The second kappa shape index (κ2) is 70.7. The molecule has 0 spiro atoms. The zero-order chi connectivity index (χ0) is 72.1. The van der Waals surface area contributed by atoms with Crippen molar-refractivity contribution in [2.24, 2.45) is 11.8 Å². The summed E-state index contributed by atoms with van der Waals surface area (Å²) >= 11 is 0. The first kappa shape index (κ1) is 96.1. The molecule has 4 unspecified atom stereocenters. The second-order valence-corrected chi connectivity index (χ2v) is 31.8. The minimum Gasteiger partial charge on any atom is -0.462 e. The predicted molar refractivity (Wildman–Crippen MR) is 400 cm³/mol. The Kier molecular flexibility index (Phi) is 69.3. The molecule has 0 saturated heterocycles. The Labute approximate surface area is 600 Å². The van der Waals surface area contributed by atoms with Gasteiger partial charge in [0.2, 0.25) is 0 Å². The smallest absolute Gasteiger partial charge is 0.462 e. The van der Waals surface area contributed by atoms with Crippen molar-refractivity contribution in [3.8, 4) is 0 Å². The lowest BCUT2D eigenvalue weighted by Gasteiger charge is -2.21. The summed E-state index contributed by atoms with van der Waals surface area (Å²) in [5.41, 5.74) is 0. The maximum atomic E-state index is 13.1. The molecule has 19 heteroatoms. The lowest BCUT2D eigenvalue weighted by Crippen LogP contribution is -2.30. The zero-order valence-electron chi connectivity index (χ0n) is 64.1. The van der Waals surface area contributed by atoms with E-state index in [-0.39, 0.29) is 25.7 Å². The highest BCUT2D eigenvalue weighted by Gasteiger charge is 2.30. The number of carbonyl (C=O) groups excluding carboxylic acids is 4. The summed E-state index contributed by atoms with van der Waals surface area (Å²) in [6.07, 6.45) is 59.7. The summed E-state index contributed by atoms with van der Waals surface area (Å²) in [6.45, 7) is 9.65. The van der Waals surface area contributed by atoms with Crippen LogP contribution in [0.4, 0.5) is 0 Å². The first-order valence-electron chi connectivity index (χ1n) is 41.1. The lowest BCUT2D eigenvalue weighted by atomic mass is 9.99. The van der Waals surface area contributed by atoms with Crippen LogP contribution < -0.4 is 0 Å². The highest BCUT2D eigenvalue weighted by molar-refractivity contribution is 7.47. The highest BCUT2D eigenvalue weighted by atomic mass is 31.2. The molecule has 98 heavy (non-hydrogen) atoms. The van der Waals surface area contributed by atoms with Crippen molar-refractivity contribution in [2.75, 3.05) is 39.6 Å². The van der Waals surface area contributed by atoms with Gasteiger partial charge in [-0.1, -0.05) is 363 Å². The van der Waals surface area contributed by atoms with E-state index in [1.807, 2.05) is 0 Å². The largest absolute Gasteiger partial charge is 0.472 e. The number of aliphatic hydroxyl groups is 1. The van der Waals surface area contributed by atoms with Gasteiger partial charge in [-0.2, -0.15) is 0 Å². The van der Waals surface area contributed by atoms with Crippen molar-refractivity contribution in [1.29, 1.82) is 0 Å². The molecule has 0 aliphatic carbocycles. The average molecular weight is 1440 g/mol. The summed E-state index contributed by atoms with van der Waals surface area (Å²) in [5.74, 6) is -0.475. The topological polar surface area (TPSA) is 237 Å². The van der Waals surface area contributed by atoms with E-state index < -0.39 is 97.5 Å². The molecule has 0 amide bonds. The van der Waals surface area contributed by atoms with Crippen LogP contribution in [0.1, 0.15) is 414 Å². The van der Waals surface area contributed by atoms with E-state index in [1.165, 1.54) is 225 Å². The van der Waals surface area contributed by atoms with Crippen molar-refractivity contribution in [3.05, 3.63) is 0 Å². The fourth-order valence-electron chi connectivity index (χ4n) is 12.1. The van der Waals surface area contributed by atoms with Gasteiger partial charge >= 0.3 is 39.5 Å². The van der Waals surface area contributed by atoms with Gasteiger partial charge in [-0.3, -0.25) is 37.3 Å². The Morgan fingerprint density at radius 1 is 0.286 bits per heavy atom. The molecule has 17 nitrogen and oxygen atoms in total. The first-order valence-corrected chi connectivity index (χ1v) is 44.1. The minimum atomic E-state index is -4.96. The van der Waals surface area contributed by atoms with Crippen LogP contribution >= 0.6 is 15.6 Å². The third kappa shape index (κ3) is 69.8. The van der Waals surface area contributed by atoms with E-state index in [2.05, 4.69) is 41.5 Å². The predicted octanol–water partition coefficient (Wildman–Crippen LogP) is 23.5. The van der Waals surface area contributed by atoms with Gasteiger partial charge in [-0.05, 0) is 37.5 Å². The SMILES string of the molecule is CCCCCCCCCCCCCCCCCCC(=O)OC[C@H](COP(=O)(O)OC[C@@H](O)COP(=O)(O)OC[C@@H](COC(=O)CCCCCCCCCC)OC(=O)CCCCCCCCCCC(C)CC)OC(=O)CCCCCCCCCCCCCCCCCCCCC(C)CC. The van der Waals surface area contributed by atoms with Gasteiger partial charge in [0, 0.05) is 25.7 Å². The van der Waals surface area contributed by atoms with Crippen molar-refractivity contribution in [3.63, 3.8) is 0 Å². The summed E-state index contributed by atoms with van der Waals surface area (Å²) in [5, 5.41) is 10.6. The molecule has 0 aromatic rings. The summed E-state index contributed by atoms with van der Waals surface area (Å²) in [4.78, 5) is 72.8. The maximum absolute atomic E-state index is 13.1. The van der Waals surface area contributed by atoms with Crippen LogP contribution in [0, 0.1) is 11.8 Å². The zero-order valence-corrected chi connectivity index (χ0v) is 65.9. The number of hydrogen-bond donors (Lipinski definition) is 3. The van der Waals surface area contributed by atoms with Crippen molar-refractivity contribution < 1.29 is 80.2 Å². The molecule has 0 rings (SSSR count). The molecular weight excluding hydrogens is 1280 g/mol. The van der Waals surface area contributed by atoms with Gasteiger partial charge in [-0.25, -0.2) is 9.13 Å². The Morgan fingerprint density at radius 2 is 0.490 bits per heavy atom. The van der Waals surface area contributed by atoms with Gasteiger partial charge in [0.05, 0.1) is 26.4 Å². The third-order valence-electron chi connectivity index (χ3n) is 19.2. The van der Waals surface area contributed by atoms with Crippen molar-refractivity contribution >= 4 is 39.5 Å². The van der Waals surface area contributed by atoms with Gasteiger partial charge in [0.15, 0.2) is 12.2 Å². The standard InChI is InChI=1S/C79H154O17P2/c1-7-11-13-15-17-19-20-21-22-28-31-34-37-44-50-56-62-77(82)90-68-75(95-78(83)63-57-51-45-38-35-32-29-26-24-23-25-27-30-33-36-41-47-53-59-71(5)9-3)70-94-98(87,88)92-66-73(80)65-91-97(85,86)93-69-74(67-89-76(81)61-55-49-43-18-16-14-12-8-2)96-79(84)64-58-52-46-40-39-42-48-54-60-72(6)10-4/h71-75,80H,7-70H2,1-6H3,(H,85,86)(H,87,88)/t71?,72?,73-,74+,75+/m0/s1.